The summed E-state index contributed by atoms with van der Waals surface area (Å²) in [6, 6.07) is 7.41. The van der Waals surface area contributed by atoms with E-state index in [0.717, 1.165) is 18.4 Å². The fourth-order valence-electron chi connectivity index (χ4n) is 2.23. The minimum absolute atomic E-state index is 0.0405. The van der Waals surface area contributed by atoms with Gasteiger partial charge in [-0.05, 0) is 36.5 Å². The van der Waals surface area contributed by atoms with Crippen molar-refractivity contribution < 1.29 is 9.90 Å². The molecule has 1 saturated carbocycles. The third-order valence-electron chi connectivity index (χ3n) is 3.43. The summed E-state index contributed by atoms with van der Waals surface area (Å²) >= 11 is 6.02. The van der Waals surface area contributed by atoms with Crippen molar-refractivity contribution in [3.63, 3.8) is 0 Å². The topological polar surface area (TPSA) is 40.5 Å². The highest BCUT2D eigenvalue weighted by atomic mass is 35.5. The van der Waals surface area contributed by atoms with Crippen molar-refractivity contribution >= 4 is 23.6 Å². The number of likely N-dealkylation sites (N-methyl/N-ethyl adjacent to an activating group) is 1. The molecule has 1 fully saturated rings. The molecule has 1 aliphatic rings. The van der Waals surface area contributed by atoms with Gasteiger partial charge in [0, 0.05) is 24.7 Å². The fourth-order valence-corrected chi connectivity index (χ4v) is 2.42. The first-order valence-electron chi connectivity index (χ1n) is 6.42. The molecule has 2 rings (SSSR count). The predicted molar refractivity (Wildman–Crippen MR) is 76.9 cm³/mol. The maximum atomic E-state index is 11.9. The first kappa shape index (κ1) is 14.1. The average Bonchev–Trinajstić information content (AvgIpc) is 2.35. The molecule has 1 aliphatic carbocycles. The van der Waals surface area contributed by atoms with Crippen molar-refractivity contribution in [1.29, 1.82) is 0 Å². The summed E-state index contributed by atoms with van der Waals surface area (Å²) in [5, 5.41) is 9.86. The molecule has 0 saturated heterocycles. The minimum Gasteiger partial charge on any atom is -0.393 e. The molecular formula is C15H18ClNO2. The summed E-state index contributed by atoms with van der Waals surface area (Å²) < 4.78 is 0. The lowest BCUT2D eigenvalue weighted by Gasteiger charge is -2.34. The SMILES string of the molecule is CN(CC1CC(O)C1)C(=O)C=Cc1ccccc1Cl. The third-order valence-corrected chi connectivity index (χ3v) is 3.77. The zero-order valence-electron chi connectivity index (χ0n) is 10.9. The van der Waals surface area contributed by atoms with Gasteiger partial charge in [0.15, 0.2) is 0 Å². The van der Waals surface area contributed by atoms with E-state index >= 15 is 0 Å². The summed E-state index contributed by atoms with van der Waals surface area (Å²) in [6.07, 6.45) is 4.69. The Morgan fingerprint density at radius 2 is 2.16 bits per heavy atom. The zero-order chi connectivity index (χ0) is 13.8. The first-order chi connectivity index (χ1) is 9.06. The van der Waals surface area contributed by atoms with Crippen molar-refractivity contribution in [3.05, 3.63) is 40.9 Å². The van der Waals surface area contributed by atoms with Gasteiger partial charge in [0.05, 0.1) is 6.10 Å². The van der Waals surface area contributed by atoms with Gasteiger partial charge in [-0.25, -0.2) is 0 Å². The maximum Gasteiger partial charge on any atom is 0.246 e. The molecular weight excluding hydrogens is 262 g/mol. The van der Waals surface area contributed by atoms with Crippen LogP contribution in [0.2, 0.25) is 5.02 Å². The third kappa shape index (κ3) is 3.82. The first-order valence-corrected chi connectivity index (χ1v) is 6.80. The van der Waals surface area contributed by atoms with Gasteiger partial charge in [0.25, 0.3) is 0 Å². The number of carbonyl (C=O) groups excluding carboxylic acids is 1. The van der Waals surface area contributed by atoms with Gasteiger partial charge in [-0.2, -0.15) is 0 Å². The normalized spacial score (nSPS) is 22.3. The summed E-state index contributed by atoms with van der Waals surface area (Å²) in [5.74, 6) is 0.388. The molecule has 1 N–H and O–H groups in total. The predicted octanol–water partition coefficient (Wildman–Crippen LogP) is 2.58. The van der Waals surface area contributed by atoms with E-state index in [-0.39, 0.29) is 12.0 Å². The van der Waals surface area contributed by atoms with Crippen molar-refractivity contribution in [2.24, 2.45) is 5.92 Å². The monoisotopic (exact) mass is 279 g/mol. The van der Waals surface area contributed by atoms with Crippen LogP contribution in [-0.4, -0.2) is 35.6 Å². The number of nitrogens with zero attached hydrogens (tertiary/aromatic N) is 1. The van der Waals surface area contributed by atoms with E-state index in [4.69, 9.17) is 11.6 Å². The number of hydrogen-bond donors (Lipinski definition) is 1. The van der Waals surface area contributed by atoms with E-state index in [1.807, 2.05) is 18.2 Å². The van der Waals surface area contributed by atoms with Gasteiger partial charge in [0.2, 0.25) is 5.91 Å². The molecule has 0 unspecified atom stereocenters. The van der Waals surface area contributed by atoms with Crippen LogP contribution in [-0.2, 0) is 4.79 Å². The largest absolute Gasteiger partial charge is 0.393 e. The zero-order valence-corrected chi connectivity index (χ0v) is 11.7. The van der Waals surface area contributed by atoms with Crippen molar-refractivity contribution in [2.75, 3.05) is 13.6 Å². The van der Waals surface area contributed by atoms with Crippen LogP contribution < -0.4 is 0 Å². The number of benzene rings is 1. The van der Waals surface area contributed by atoms with Crippen LogP contribution in [0, 0.1) is 5.92 Å². The highest BCUT2D eigenvalue weighted by Crippen LogP contribution is 2.27. The van der Waals surface area contributed by atoms with Gasteiger partial charge in [-0.3, -0.25) is 4.79 Å². The molecule has 0 aliphatic heterocycles. The second-order valence-corrected chi connectivity index (χ2v) is 5.47. The van der Waals surface area contributed by atoms with E-state index in [2.05, 4.69) is 0 Å². The van der Waals surface area contributed by atoms with Gasteiger partial charge in [-0.15, -0.1) is 0 Å². The molecule has 0 radical (unpaired) electrons. The van der Waals surface area contributed by atoms with Crippen LogP contribution in [0.1, 0.15) is 18.4 Å². The molecule has 19 heavy (non-hydrogen) atoms. The molecule has 4 heteroatoms. The van der Waals surface area contributed by atoms with Crippen LogP contribution in [0.4, 0.5) is 0 Å². The van der Waals surface area contributed by atoms with Crippen LogP contribution in [0.3, 0.4) is 0 Å². The van der Waals surface area contributed by atoms with Crippen LogP contribution in [0.15, 0.2) is 30.3 Å². The molecule has 0 spiro atoms. The Morgan fingerprint density at radius 3 is 2.79 bits per heavy atom. The molecule has 0 atom stereocenters. The molecule has 0 aromatic heterocycles. The summed E-state index contributed by atoms with van der Waals surface area (Å²) in [6.45, 7) is 0.697. The van der Waals surface area contributed by atoms with Gasteiger partial charge in [-0.1, -0.05) is 29.8 Å². The molecule has 1 aromatic carbocycles. The molecule has 3 nitrogen and oxygen atoms in total. The number of aliphatic hydroxyl groups is 1. The lowest BCUT2D eigenvalue weighted by Crippen LogP contribution is -2.38. The highest BCUT2D eigenvalue weighted by molar-refractivity contribution is 6.32. The fraction of sp³-hybridized carbons (Fsp3) is 0.400. The van der Waals surface area contributed by atoms with Crippen molar-refractivity contribution in [3.8, 4) is 0 Å². The molecule has 102 valence electrons. The summed E-state index contributed by atoms with van der Waals surface area (Å²) in [7, 11) is 1.78. The summed E-state index contributed by atoms with van der Waals surface area (Å²) in [5.41, 5.74) is 0.838. The van der Waals surface area contributed by atoms with Crippen LogP contribution in [0.5, 0.6) is 0 Å². The molecule has 0 heterocycles. The Kier molecular flexibility index (Phi) is 4.61. The lowest BCUT2D eigenvalue weighted by molar-refractivity contribution is -0.126. The van der Waals surface area contributed by atoms with E-state index in [0.29, 0.717) is 17.5 Å². The number of halogens is 1. The summed E-state index contributed by atoms with van der Waals surface area (Å²) in [4.78, 5) is 13.6. The molecule has 0 bridgehead atoms. The number of aliphatic hydroxyl groups excluding tert-OH is 1. The standard InChI is InChI=1S/C15H18ClNO2/c1-17(10-11-8-13(18)9-11)15(19)7-6-12-4-2-3-5-14(12)16/h2-7,11,13,18H,8-10H2,1H3. The molecule has 1 aromatic rings. The van der Waals surface area contributed by atoms with Crippen molar-refractivity contribution in [1.82, 2.24) is 4.90 Å². The Morgan fingerprint density at radius 1 is 1.47 bits per heavy atom. The lowest BCUT2D eigenvalue weighted by atomic mass is 9.82. The Labute approximate surface area is 118 Å². The van der Waals surface area contributed by atoms with Gasteiger partial charge in [0.1, 0.15) is 0 Å². The van der Waals surface area contributed by atoms with E-state index in [1.54, 1.807) is 24.1 Å². The van der Waals surface area contributed by atoms with Gasteiger partial charge < -0.3 is 10.0 Å². The quantitative estimate of drug-likeness (QED) is 0.861. The van der Waals surface area contributed by atoms with E-state index < -0.39 is 0 Å². The number of amides is 1. The van der Waals surface area contributed by atoms with E-state index in [9.17, 15) is 9.90 Å². The Bertz CT molecular complexity index is 481. The average molecular weight is 280 g/mol. The number of hydrogen-bond acceptors (Lipinski definition) is 2. The second-order valence-electron chi connectivity index (χ2n) is 5.06. The highest BCUT2D eigenvalue weighted by Gasteiger charge is 2.28. The van der Waals surface area contributed by atoms with Gasteiger partial charge >= 0.3 is 0 Å². The Balaban J connectivity index is 1.88. The van der Waals surface area contributed by atoms with E-state index in [1.165, 1.54) is 6.08 Å². The smallest absolute Gasteiger partial charge is 0.246 e. The number of carbonyl (C=O) groups is 1. The second kappa shape index (κ2) is 6.22. The Hall–Kier alpha value is -1.32. The van der Waals surface area contributed by atoms with Crippen LogP contribution in [0.25, 0.3) is 6.08 Å². The minimum atomic E-state index is -0.174. The maximum absolute atomic E-state index is 11.9. The van der Waals surface area contributed by atoms with Crippen molar-refractivity contribution in [2.45, 2.75) is 18.9 Å². The molecule has 1 amide bonds. The number of rotatable bonds is 4. The van der Waals surface area contributed by atoms with Crippen LogP contribution >= 0.6 is 11.6 Å².